The van der Waals surface area contributed by atoms with Crippen LogP contribution in [0, 0.1) is 5.92 Å². The Labute approximate surface area is 99.3 Å². The Balaban J connectivity index is 2.51. The van der Waals surface area contributed by atoms with Gasteiger partial charge in [0.1, 0.15) is 6.10 Å². The first kappa shape index (κ1) is 14.3. The monoisotopic (exact) mass is 250 g/mol. The number of nitrogens with two attached hydrogens (primary N) is 2. The van der Waals surface area contributed by atoms with Crippen LogP contribution in [-0.2, 0) is 4.79 Å². The molecule has 1 aliphatic rings. The first-order chi connectivity index (χ1) is 7.85. The number of halogens is 2. The molecule has 0 aromatic heterocycles. The van der Waals surface area contributed by atoms with Crippen LogP contribution in [0.2, 0.25) is 0 Å². The fraction of sp³-hybridized carbons (Fsp3) is 0.909. The quantitative estimate of drug-likeness (QED) is 0.673. The molecule has 4 nitrogen and oxygen atoms in total. The average Bonchev–Trinajstić information content (AvgIpc) is 2.29. The van der Waals surface area contributed by atoms with Crippen LogP contribution in [0.4, 0.5) is 8.78 Å². The van der Waals surface area contributed by atoms with Gasteiger partial charge in [0.05, 0.1) is 0 Å². The van der Waals surface area contributed by atoms with Crippen molar-refractivity contribution in [2.45, 2.75) is 56.6 Å². The molecule has 0 unspecified atom stereocenters. The van der Waals surface area contributed by atoms with Crippen LogP contribution in [0.25, 0.3) is 0 Å². The van der Waals surface area contributed by atoms with E-state index in [9.17, 15) is 18.7 Å². The minimum absolute atomic E-state index is 0.261. The number of aliphatic hydroxyl groups is 1. The predicted octanol–water partition coefficient (Wildman–Crippen LogP) is 0.766. The summed E-state index contributed by atoms with van der Waals surface area (Å²) in [6.07, 6.45) is 3.31. The van der Waals surface area contributed by atoms with Gasteiger partial charge in [-0.2, -0.15) is 8.78 Å². The molecule has 0 saturated heterocycles. The molecule has 0 radical (unpaired) electrons. The fourth-order valence-corrected chi connectivity index (χ4v) is 2.35. The molecular weight excluding hydrogens is 230 g/mol. The molecule has 1 rings (SSSR count). The normalized spacial score (nSPS) is 22.1. The van der Waals surface area contributed by atoms with Gasteiger partial charge in [0.2, 0.25) is 0 Å². The number of amides is 1. The lowest BCUT2D eigenvalue weighted by Gasteiger charge is -2.29. The summed E-state index contributed by atoms with van der Waals surface area (Å²) in [6, 6.07) is -1.11. The highest BCUT2D eigenvalue weighted by molar-refractivity contribution is 5.82. The van der Waals surface area contributed by atoms with Gasteiger partial charge in [0, 0.05) is 6.04 Å². The summed E-state index contributed by atoms with van der Waals surface area (Å²) in [6.45, 7) is 0. The smallest absolute Gasteiger partial charge is 0.350 e. The predicted molar refractivity (Wildman–Crippen MR) is 59.3 cm³/mol. The highest BCUT2D eigenvalue weighted by Gasteiger charge is 2.48. The zero-order chi connectivity index (χ0) is 13.1. The first-order valence-electron chi connectivity index (χ1n) is 5.97. The lowest BCUT2D eigenvalue weighted by molar-refractivity contribution is -0.162. The third-order valence-electron chi connectivity index (χ3n) is 3.44. The Hall–Kier alpha value is -0.750. The van der Waals surface area contributed by atoms with Crippen molar-refractivity contribution in [2.24, 2.45) is 17.4 Å². The lowest BCUT2D eigenvalue weighted by atomic mass is 9.83. The average molecular weight is 250 g/mol. The SMILES string of the molecule is NC(=O)C(F)(F)[C@H](O)[C@@H](N)CC1CCCCC1. The second kappa shape index (κ2) is 5.73. The van der Waals surface area contributed by atoms with Crippen LogP contribution in [0.15, 0.2) is 0 Å². The summed E-state index contributed by atoms with van der Waals surface area (Å²) in [5, 5.41) is 9.37. The second-order valence-electron chi connectivity index (χ2n) is 4.84. The summed E-state index contributed by atoms with van der Waals surface area (Å²) in [5.41, 5.74) is 10.1. The number of hydrogen-bond donors (Lipinski definition) is 3. The molecule has 2 atom stereocenters. The Morgan fingerprint density at radius 3 is 2.35 bits per heavy atom. The van der Waals surface area contributed by atoms with E-state index < -0.39 is 24.0 Å². The highest BCUT2D eigenvalue weighted by Crippen LogP contribution is 2.30. The van der Waals surface area contributed by atoms with Crippen molar-refractivity contribution in [1.29, 1.82) is 0 Å². The van der Waals surface area contributed by atoms with E-state index in [1.54, 1.807) is 0 Å². The lowest BCUT2D eigenvalue weighted by Crippen LogP contribution is -2.54. The van der Waals surface area contributed by atoms with Crippen LogP contribution in [0.1, 0.15) is 38.5 Å². The molecule has 5 N–H and O–H groups in total. The standard InChI is InChI=1S/C11H20F2N2O2/c12-11(13,10(15)17)9(16)8(14)6-7-4-2-1-3-5-7/h7-9,16H,1-6,14H2,(H2,15,17)/t8-,9+/m0/s1. The Morgan fingerprint density at radius 1 is 1.35 bits per heavy atom. The minimum Gasteiger partial charge on any atom is -0.385 e. The Morgan fingerprint density at radius 2 is 1.88 bits per heavy atom. The van der Waals surface area contributed by atoms with E-state index in [-0.39, 0.29) is 5.92 Å². The largest absolute Gasteiger partial charge is 0.385 e. The van der Waals surface area contributed by atoms with Crippen molar-refractivity contribution >= 4 is 5.91 Å². The molecule has 0 bridgehead atoms. The maximum atomic E-state index is 13.1. The van der Waals surface area contributed by atoms with Gasteiger partial charge in [-0.25, -0.2) is 0 Å². The number of rotatable bonds is 5. The van der Waals surface area contributed by atoms with Gasteiger partial charge in [-0.3, -0.25) is 4.79 Å². The minimum atomic E-state index is -3.95. The zero-order valence-electron chi connectivity index (χ0n) is 9.74. The Kier molecular flexibility index (Phi) is 4.82. The molecule has 6 heteroatoms. The van der Waals surface area contributed by atoms with Gasteiger partial charge in [0.25, 0.3) is 5.91 Å². The molecule has 1 fully saturated rings. The number of aliphatic hydroxyl groups excluding tert-OH is 1. The summed E-state index contributed by atoms with van der Waals surface area (Å²) < 4.78 is 26.3. The van der Waals surface area contributed by atoms with Crippen molar-refractivity contribution < 1.29 is 18.7 Å². The molecule has 0 aromatic carbocycles. The van der Waals surface area contributed by atoms with Crippen molar-refractivity contribution in [3.8, 4) is 0 Å². The van der Waals surface area contributed by atoms with E-state index >= 15 is 0 Å². The van der Waals surface area contributed by atoms with E-state index in [1.807, 2.05) is 0 Å². The first-order valence-corrected chi connectivity index (χ1v) is 5.97. The van der Waals surface area contributed by atoms with Crippen molar-refractivity contribution in [1.82, 2.24) is 0 Å². The van der Waals surface area contributed by atoms with Gasteiger partial charge in [-0.1, -0.05) is 32.1 Å². The summed E-state index contributed by atoms with van der Waals surface area (Å²) in [5.74, 6) is -5.52. The van der Waals surface area contributed by atoms with Crippen LogP contribution >= 0.6 is 0 Å². The van der Waals surface area contributed by atoms with Crippen LogP contribution in [0.5, 0.6) is 0 Å². The molecule has 1 saturated carbocycles. The molecule has 0 spiro atoms. The molecule has 0 aromatic rings. The van der Waals surface area contributed by atoms with Crippen molar-refractivity contribution in [3.05, 3.63) is 0 Å². The summed E-state index contributed by atoms with van der Waals surface area (Å²) in [7, 11) is 0. The number of alkyl halides is 2. The topological polar surface area (TPSA) is 89.3 Å². The number of carbonyl (C=O) groups excluding carboxylic acids is 1. The third kappa shape index (κ3) is 3.61. The highest BCUT2D eigenvalue weighted by atomic mass is 19.3. The van der Waals surface area contributed by atoms with E-state index in [2.05, 4.69) is 5.73 Å². The van der Waals surface area contributed by atoms with Gasteiger partial charge < -0.3 is 16.6 Å². The Bertz CT molecular complexity index is 268. The van der Waals surface area contributed by atoms with E-state index in [1.165, 1.54) is 0 Å². The number of hydrogen-bond acceptors (Lipinski definition) is 3. The molecule has 1 aliphatic carbocycles. The molecule has 17 heavy (non-hydrogen) atoms. The molecular formula is C11H20F2N2O2. The van der Waals surface area contributed by atoms with Gasteiger partial charge in [-0.15, -0.1) is 0 Å². The molecule has 0 aliphatic heterocycles. The van der Waals surface area contributed by atoms with E-state index in [4.69, 9.17) is 5.73 Å². The molecule has 100 valence electrons. The van der Waals surface area contributed by atoms with Crippen molar-refractivity contribution in [3.63, 3.8) is 0 Å². The van der Waals surface area contributed by atoms with Crippen LogP contribution in [0.3, 0.4) is 0 Å². The molecule has 0 heterocycles. The zero-order valence-corrected chi connectivity index (χ0v) is 9.74. The second-order valence-corrected chi connectivity index (χ2v) is 4.84. The maximum Gasteiger partial charge on any atom is 0.350 e. The van der Waals surface area contributed by atoms with Crippen LogP contribution < -0.4 is 11.5 Å². The summed E-state index contributed by atoms with van der Waals surface area (Å²) in [4.78, 5) is 10.5. The number of carbonyl (C=O) groups is 1. The summed E-state index contributed by atoms with van der Waals surface area (Å²) >= 11 is 0. The van der Waals surface area contributed by atoms with Gasteiger partial charge >= 0.3 is 5.92 Å². The molecule has 1 amide bonds. The van der Waals surface area contributed by atoms with Gasteiger partial charge in [-0.05, 0) is 12.3 Å². The third-order valence-corrected chi connectivity index (χ3v) is 3.44. The van der Waals surface area contributed by atoms with Crippen molar-refractivity contribution in [2.75, 3.05) is 0 Å². The van der Waals surface area contributed by atoms with E-state index in [0.29, 0.717) is 6.42 Å². The fourth-order valence-electron chi connectivity index (χ4n) is 2.35. The van der Waals surface area contributed by atoms with Gasteiger partial charge in [0.15, 0.2) is 0 Å². The van der Waals surface area contributed by atoms with Crippen LogP contribution in [-0.4, -0.2) is 29.1 Å². The number of primary amides is 1. The maximum absolute atomic E-state index is 13.1. The van der Waals surface area contributed by atoms with E-state index in [0.717, 1.165) is 32.1 Å².